The van der Waals surface area contributed by atoms with Gasteiger partial charge in [-0.25, -0.2) is 0 Å². The zero-order valence-corrected chi connectivity index (χ0v) is 39.5. The van der Waals surface area contributed by atoms with Crippen LogP contribution in [0.5, 0.6) is 0 Å². The van der Waals surface area contributed by atoms with Gasteiger partial charge in [0.25, 0.3) is 0 Å². The first-order valence-corrected chi connectivity index (χ1v) is 27.6. The summed E-state index contributed by atoms with van der Waals surface area (Å²) >= 11 is 0. The summed E-state index contributed by atoms with van der Waals surface area (Å²) in [6.45, 7) is 0. The molecule has 0 heteroatoms. The molecule has 0 heterocycles. The van der Waals surface area contributed by atoms with Gasteiger partial charge < -0.3 is 0 Å². The summed E-state index contributed by atoms with van der Waals surface area (Å²) in [5.41, 5.74) is 18.8. The van der Waals surface area contributed by atoms with Crippen molar-refractivity contribution in [3.8, 4) is 0 Å². The van der Waals surface area contributed by atoms with E-state index in [1.165, 1.54) is 151 Å². The van der Waals surface area contributed by atoms with Crippen LogP contribution in [0.15, 0.2) is 142 Å². The van der Waals surface area contributed by atoms with Crippen molar-refractivity contribution in [3.63, 3.8) is 0 Å². The summed E-state index contributed by atoms with van der Waals surface area (Å²) in [4.78, 5) is 0. The average Bonchev–Trinajstić information content (AvgIpc) is 4.23. The lowest BCUT2D eigenvalue weighted by Crippen LogP contribution is -2.27. The fraction of sp³-hybridized carbons (Fsp3) is 0.569. The fourth-order valence-electron chi connectivity index (χ4n) is 15.4. The quantitative estimate of drug-likeness (QED) is 0.288. The molecule has 65 heavy (non-hydrogen) atoms. The number of benzene rings is 2. The van der Waals surface area contributed by atoms with Crippen molar-refractivity contribution >= 4 is 0 Å². The monoisotopic (exact) mass is 862 g/mol. The van der Waals surface area contributed by atoms with Gasteiger partial charge >= 0.3 is 0 Å². The molecule has 2 aromatic carbocycles. The molecule has 16 aliphatic carbocycles. The minimum atomic E-state index is 0.0734. The average molecular weight is 862 g/mol. The van der Waals surface area contributed by atoms with Crippen molar-refractivity contribution in [2.45, 2.75) is 178 Å². The number of fused-ring (bicyclic) bond motifs is 13. The van der Waals surface area contributed by atoms with Crippen LogP contribution in [0, 0.1) is 53.3 Å². The Hall–Kier alpha value is -3.64. The van der Waals surface area contributed by atoms with E-state index in [0.717, 1.165) is 66.1 Å². The highest BCUT2D eigenvalue weighted by Crippen LogP contribution is 2.66. The van der Waals surface area contributed by atoms with Gasteiger partial charge in [0.1, 0.15) is 0 Å². The molecular weight excluding hydrogens is 781 g/mol. The maximum atomic E-state index is 8.19. The van der Waals surface area contributed by atoms with Gasteiger partial charge in [-0.1, -0.05) is 166 Å². The van der Waals surface area contributed by atoms with Crippen LogP contribution in [-0.2, 0) is 6.40 Å². The summed E-state index contributed by atoms with van der Waals surface area (Å²) in [5.74, 6) is 10.4. The van der Waals surface area contributed by atoms with Crippen LogP contribution in [0.3, 0.4) is 0 Å². The SMILES string of the molecule is C1=C2C(=CC1)C1CC21.C1=CC2=C(C1)C1CC21.[2H]C1C2=C(C=CC2)C1C1CCCCC1.[2H]C1C2=CCC=C2C1C1CCCCC1.[2H]C1c2ccccc2C1C1CCCCC1.c1ccc2c(c1)C1CC21. The molecule has 12 atom stereocenters. The van der Waals surface area contributed by atoms with Crippen LogP contribution in [0.1, 0.15) is 198 Å². The summed E-state index contributed by atoms with van der Waals surface area (Å²) in [6.07, 6.45) is 48.9. The highest BCUT2D eigenvalue weighted by atomic mass is 14.6. The summed E-state index contributed by atoms with van der Waals surface area (Å²) in [7, 11) is 0. The molecule has 0 bridgehead atoms. The van der Waals surface area contributed by atoms with Crippen LogP contribution < -0.4 is 0 Å². The Labute approximate surface area is 397 Å². The number of rotatable bonds is 3. The molecule has 0 saturated heterocycles. The normalized spacial score (nSPS) is 39.2. The van der Waals surface area contributed by atoms with Gasteiger partial charge in [-0.05, 0) is 229 Å². The number of hydrogen-bond donors (Lipinski definition) is 0. The third-order valence-corrected chi connectivity index (χ3v) is 19.5. The van der Waals surface area contributed by atoms with Crippen molar-refractivity contribution in [3.05, 3.63) is 164 Å². The molecule has 8 fully saturated rings. The molecule has 12 unspecified atom stereocenters. The van der Waals surface area contributed by atoms with E-state index in [0.29, 0.717) is 17.8 Å². The summed E-state index contributed by atoms with van der Waals surface area (Å²) in [6, 6.07) is 17.4. The van der Waals surface area contributed by atoms with Crippen molar-refractivity contribution in [1.82, 2.24) is 0 Å². The molecule has 16 aliphatic rings. The van der Waals surface area contributed by atoms with E-state index in [1.807, 2.05) is 0 Å². The highest BCUT2D eigenvalue weighted by molar-refractivity contribution is 5.57. The third-order valence-electron chi connectivity index (χ3n) is 19.5. The van der Waals surface area contributed by atoms with E-state index in [4.69, 9.17) is 4.11 Å². The van der Waals surface area contributed by atoms with E-state index in [1.54, 1.807) is 44.6 Å². The second kappa shape index (κ2) is 17.8. The lowest BCUT2D eigenvalue weighted by atomic mass is 9.65. The van der Waals surface area contributed by atoms with Gasteiger partial charge in [0.05, 0.1) is 0 Å². The van der Waals surface area contributed by atoms with Crippen molar-refractivity contribution in [1.29, 1.82) is 0 Å². The molecule has 0 aliphatic heterocycles. The molecule has 338 valence electrons. The lowest BCUT2D eigenvalue weighted by Gasteiger charge is -2.39. The maximum Gasteiger partial charge on any atom is 0.0322 e. The molecular formula is C65H78. The minimum Gasteiger partial charge on any atom is -0.0802 e. The van der Waals surface area contributed by atoms with E-state index in [-0.39, 0.29) is 19.2 Å². The summed E-state index contributed by atoms with van der Waals surface area (Å²) in [5, 5.41) is 0. The smallest absolute Gasteiger partial charge is 0.0322 e. The molecule has 0 amide bonds. The van der Waals surface area contributed by atoms with Gasteiger partial charge in [-0.3, -0.25) is 0 Å². The van der Waals surface area contributed by atoms with Gasteiger partial charge in [0, 0.05) is 4.11 Å². The maximum absolute atomic E-state index is 8.19. The zero-order valence-electron chi connectivity index (χ0n) is 42.5. The van der Waals surface area contributed by atoms with Crippen LogP contribution in [0.2, 0.25) is 0 Å². The van der Waals surface area contributed by atoms with Crippen LogP contribution >= 0.6 is 0 Å². The summed E-state index contributed by atoms with van der Waals surface area (Å²) < 4.78 is 24.5. The first kappa shape index (κ1) is 38.3. The Kier molecular flexibility index (Phi) is 10.5. The van der Waals surface area contributed by atoms with Crippen LogP contribution in [-0.4, -0.2) is 0 Å². The van der Waals surface area contributed by atoms with Crippen LogP contribution in [0.4, 0.5) is 0 Å². The third kappa shape index (κ3) is 7.99. The van der Waals surface area contributed by atoms with Crippen LogP contribution in [0.25, 0.3) is 0 Å². The Balaban J connectivity index is 0.0000000819. The first-order valence-electron chi connectivity index (χ1n) is 29.3. The highest BCUT2D eigenvalue weighted by Gasteiger charge is 2.54. The Bertz CT molecular complexity index is 2450. The van der Waals surface area contributed by atoms with Gasteiger partial charge in [-0.15, -0.1) is 0 Å². The molecule has 8 saturated carbocycles. The Morgan fingerprint density at radius 3 is 1.62 bits per heavy atom. The number of hydrogen-bond acceptors (Lipinski definition) is 0. The van der Waals surface area contributed by atoms with Crippen molar-refractivity contribution < 1.29 is 4.11 Å². The standard InChI is InChI=1S/C14H18.2C13H18.C9H8.2C8H8/c1-2-6-11(7-3-1)14-10-12-8-4-5-9-13(12)14;2*1-2-5-10(6-3-1)13-9-11-7-4-8-12(11)13;1-2-4-7-6(3-1)8-5-9(7)8;2*1-2-5-6(3-1)8-4-7(5)8/h4-5,8-9,11,14H,1-3,6-7,10H2;7-8,10,13H,1-6,9H2;4,8,10,13H,1-3,5-7,9H2;1-4,8-9H,5H2;2-3,7-8H,1,4H2;1-2,7-8H,3-4H2/i10D;2*9D;;;. The number of allylic oxidation sites excluding steroid dienone is 16. The molecule has 0 nitrogen and oxygen atoms in total. The molecule has 0 N–H and O–H groups in total. The molecule has 0 aromatic heterocycles. The molecule has 0 radical (unpaired) electrons. The molecule has 0 spiro atoms. The molecule has 18 rings (SSSR count). The van der Waals surface area contributed by atoms with Crippen molar-refractivity contribution in [2.24, 2.45) is 53.3 Å². The second-order valence-corrected chi connectivity index (χ2v) is 23.2. The van der Waals surface area contributed by atoms with E-state index < -0.39 is 0 Å². The van der Waals surface area contributed by atoms with Gasteiger partial charge in [0.15, 0.2) is 0 Å². The lowest BCUT2D eigenvalue weighted by molar-refractivity contribution is 0.254. The largest absolute Gasteiger partial charge is 0.0802 e. The van der Waals surface area contributed by atoms with Gasteiger partial charge in [0.2, 0.25) is 0 Å². The minimum absolute atomic E-state index is 0.0734. The first-order chi connectivity index (χ1) is 33.5. The molecule has 2 aromatic rings. The fourth-order valence-corrected chi connectivity index (χ4v) is 15.4. The van der Waals surface area contributed by atoms with E-state index >= 15 is 0 Å². The van der Waals surface area contributed by atoms with E-state index in [2.05, 4.69) is 97.1 Å². The van der Waals surface area contributed by atoms with Crippen molar-refractivity contribution in [2.75, 3.05) is 0 Å². The van der Waals surface area contributed by atoms with E-state index in [9.17, 15) is 0 Å². The second-order valence-electron chi connectivity index (χ2n) is 23.2. The Morgan fingerprint density at radius 1 is 0.400 bits per heavy atom. The Morgan fingerprint density at radius 2 is 0.938 bits per heavy atom. The zero-order chi connectivity index (χ0) is 45.5. The topological polar surface area (TPSA) is 0 Å². The predicted molar refractivity (Wildman–Crippen MR) is 272 cm³/mol. The predicted octanol–water partition coefficient (Wildman–Crippen LogP) is 17.6. The van der Waals surface area contributed by atoms with Gasteiger partial charge in [-0.2, -0.15) is 0 Å².